The summed E-state index contributed by atoms with van der Waals surface area (Å²) in [7, 11) is 0. The lowest BCUT2D eigenvalue weighted by atomic mass is 9.69. The monoisotopic (exact) mass is 637 g/mol. The second-order valence-electron chi connectivity index (χ2n) is 14.6. The lowest BCUT2D eigenvalue weighted by Crippen LogP contribution is -2.41. The molecule has 0 radical (unpaired) electrons. The largest absolute Gasteiger partial charge is 0.481 e. The summed E-state index contributed by atoms with van der Waals surface area (Å²) < 4.78 is 0. The van der Waals surface area contributed by atoms with Crippen molar-refractivity contribution in [2.75, 3.05) is 0 Å². The van der Waals surface area contributed by atoms with E-state index in [0.29, 0.717) is 12.8 Å². The molecular formula is C41H80O4. The molecule has 0 heterocycles. The normalized spacial score (nSPS) is 12.5. The third kappa shape index (κ3) is 25.7. The molecule has 4 heteroatoms. The van der Waals surface area contributed by atoms with Crippen molar-refractivity contribution >= 4 is 11.9 Å². The highest BCUT2D eigenvalue weighted by Crippen LogP contribution is 2.40. The highest BCUT2D eigenvalue weighted by molar-refractivity contribution is 5.83. The molecule has 268 valence electrons. The summed E-state index contributed by atoms with van der Waals surface area (Å²) in [6, 6.07) is 0. The first kappa shape index (κ1) is 43.9. The molecule has 0 unspecified atom stereocenters. The average Bonchev–Trinajstić information content (AvgIpc) is 3.02. The van der Waals surface area contributed by atoms with Gasteiger partial charge in [-0.05, 0) is 12.8 Å². The highest BCUT2D eigenvalue weighted by Gasteiger charge is 2.46. The lowest BCUT2D eigenvalue weighted by molar-refractivity contribution is -0.163. The summed E-state index contributed by atoms with van der Waals surface area (Å²) in [5.74, 6) is -2.72. The maximum absolute atomic E-state index is 12.5. The number of unbranched alkanes of at least 4 members (excludes halogenated alkanes) is 30. The quantitative estimate of drug-likeness (QED) is 0.0665. The van der Waals surface area contributed by atoms with E-state index in [-0.39, 0.29) is 0 Å². The number of aliphatic carboxylic acids is 2. The predicted molar refractivity (Wildman–Crippen MR) is 195 cm³/mol. The van der Waals surface area contributed by atoms with Crippen LogP contribution in [0.3, 0.4) is 0 Å². The zero-order chi connectivity index (χ0) is 33.3. The average molecular weight is 637 g/mol. The highest BCUT2D eigenvalue weighted by atomic mass is 16.4. The number of carboxylic acid groups (broad SMARTS) is 2. The van der Waals surface area contributed by atoms with Crippen LogP contribution in [0.5, 0.6) is 0 Å². The minimum absolute atomic E-state index is 0.493. The number of hydrogen-bond donors (Lipinski definition) is 2. The van der Waals surface area contributed by atoms with Gasteiger partial charge in [-0.3, -0.25) is 9.59 Å². The summed E-state index contributed by atoms with van der Waals surface area (Å²) in [4.78, 5) is 24.4. The number of carbonyl (C=O) groups is 2. The summed E-state index contributed by atoms with van der Waals surface area (Å²) in [5.41, 5.74) is -1.13. The minimum Gasteiger partial charge on any atom is -0.481 e. The second-order valence-corrected chi connectivity index (χ2v) is 14.6. The Bertz CT molecular complexity index is 609. The van der Waals surface area contributed by atoms with Crippen molar-refractivity contribution < 1.29 is 19.8 Å². The molecule has 0 saturated heterocycles. The topological polar surface area (TPSA) is 74.6 Å². The van der Waals surface area contributed by atoms with Crippen molar-refractivity contribution in [3.8, 4) is 0 Å². The van der Waals surface area contributed by atoms with Crippen LogP contribution in [0, 0.1) is 11.3 Å². The molecule has 0 aliphatic rings. The molecule has 45 heavy (non-hydrogen) atoms. The van der Waals surface area contributed by atoms with Crippen LogP contribution in [-0.4, -0.2) is 22.2 Å². The summed E-state index contributed by atoms with van der Waals surface area (Å²) in [5, 5.41) is 20.0. The van der Waals surface area contributed by atoms with E-state index >= 15 is 0 Å². The van der Waals surface area contributed by atoms with Gasteiger partial charge in [-0.25, -0.2) is 0 Å². The lowest BCUT2D eigenvalue weighted by Gasteiger charge is -2.33. The molecule has 0 rings (SSSR count). The molecule has 0 aromatic heterocycles. The Morgan fingerprint density at radius 3 is 0.778 bits per heavy atom. The summed E-state index contributed by atoms with van der Waals surface area (Å²) in [6.07, 6.45) is 42.2. The van der Waals surface area contributed by atoms with Gasteiger partial charge < -0.3 is 10.2 Å². The van der Waals surface area contributed by atoms with Crippen LogP contribution in [0.15, 0.2) is 0 Å². The van der Waals surface area contributed by atoms with Crippen molar-refractivity contribution in [2.24, 2.45) is 11.3 Å². The molecule has 2 N–H and O–H groups in total. The van der Waals surface area contributed by atoms with Crippen LogP contribution in [0.25, 0.3) is 0 Å². The summed E-state index contributed by atoms with van der Waals surface area (Å²) >= 11 is 0. The van der Waals surface area contributed by atoms with Crippen LogP contribution in [-0.2, 0) is 9.59 Å². The van der Waals surface area contributed by atoms with Crippen LogP contribution >= 0.6 is 0 Å². The van der Waals surface area contributed by atoms with Gasteiger partial charge in [0, 0.05) is 0 Å². The van der Waals surface area contributed by atoms with E-state index in [1.807, 2.05) is 0 Å². The molecule has 0 fully saturated rings. The van der Waals surface area contributed by atoms with Gasteiger partial charge in [0.1, 0.15) is 0 Å². The molecule has 4 nitrogen and oxygen atoms in total. The third-order valence-electron chi connectivity index (χ3n) is 10.6. The van der Waals surface area contributed by atoms with Gasteiger partial charge in [-0.15, -0.1) is 0 Å². The zero-order valence-corrected chi connectivity index (χ0v) is 30.8. The van der Waals surface area contributed by atoms with E-state index in [9.17, 15) is 19.8 Å². The van der Waals surface area contributed by atoms with Gasteiger partial charge in [-0.1, -0.05) is 226 Å². The van der Waals surface area contributed by atoms with Gasteiger partial charge in [0.2, 0.25) is 0 Å². The van der Waals surface area contributed by atoms with E-state index in [1.165, 1.54) is 167 Å². The molecule has 0 aromatic rings. The molecule has 0 aliphatic heterocycles. The Kier molecular flexibility index (Phi) is 32.1. The SMILES string of the molecule is CCCCCCCCCCCCCCCCCCC(CCCCCCCCCCCCCCCCCC)(C(=O)O)[C@H](C)C(=O)O. The van der Waals surface area contributed by atoms with E-state index < -0.39 is 23.3 Å². The Morgan fingerprint density at radius 1 is 0.400 bits per heavy atom. The van der Waals surface area contributed by atoms with Gasteiger partial charge in [-0.2, -0.15) is 0 Å². The molecular weight excluding hydrogens is 556 g/mol. The van der Waals surface area contributed by atoms with Crippen molar-refractivity contribution in [3.63, 3.8) is 0 Å². The van der Waals surface area contributed by atoms with Crippen molar-refractivity contribution in [1.29, 1.82) is 0 Å². The Hall–Kier alpha value is -1.06. The Labute approximate surface area is 281 Å². The molecule has 0 spiro atoms. The first-order valence-corrected chi connectivity index (χ1v) is 20.4. The Balaban J connectivity index is 4.00. The second kappa shape index (κ2) is 32.9. The molecule has 0 saturated carbocycles. The maximum Gasteiger partial charge on any atom is 0.310 e. The molecule has 0 aromatic carbocycles. The zero-order valence-electron chi connectivity index (χ0n) is 30.8. The smallest absolute Gasteiger partial charge is 0.310 e. The molecule has 0 amide bonds. The molecule has 1 atom stereocenters. The molecule has 0 bridgehead atoms. The number of hydrogen-bond acceptors (Lipinski definition) is 2. The van der Waals surface area contributed by atoms with E-state index in [2.05, 4.69) is 13.8 Å². The first-order chi connectivity index (χ1) is 21.9. The fourth-order valence-electron chi connectivity index (χ4n) is 7.17. The van der Waals surface area contributed by atoms with Crippen molar-refractivity contribution in [2.45, 2.75) is 239 Å². The number of carboxylic acids is 2. The minimum atomic E-state index is -1.13. The van der Waals surface area contributed by atoms with E-state index in [0.717, 1.165) is 38.5 Å². The molecule has 0 aliphatic carbocycles. The van der Waals surface area contributed by atoms with Gasteiger partial charge in [0.15, 0.2) is 0 Å². The first-order valence-electron chi connectivity index (χ1n) is 20.4. The predicted octanol–water partition coefficient (Wildman–Crippen LogP) is 14.1. The van der Waals surface area contributed by atoms with Crippen LogP contribution in [0.2, 0.25) is 0 Å². The maximum atomic E-state index is 12.5. The van der Waals surface area contributed by atoms with Crippen molar-refractivity contribution in [1.82, 2.24) is 0 Å². The van der Waals surface area contributed by atoms with E-state index in [4.69, 9.17) is 0 Å². The Morgan fingerprint density at radius 2 is 0.600 bits per heavy atom. The standard InChI is InChI=1S/C41H80O4/c1-4-6-8-10-12-14-16-18-20-22-24-26-28-30-32-34-36-41(40(44)45,38(3)39(42)43)37-35-33-31-29-27-25-23-21-19-17-15-13-11-9-7-5-2/h38H,4-37H2,1-3H3,(H,42,43)(H,44,45)/t38-/m1/s1. The fraction of sp³-hybridized carbons (Fsp3) is 0.951. The van der Waals surface area contributed by atoms with Crippen LogP contribution in [0.1, 0.15) is 239 Å². The van der Waals surface area contributed by atoms with E-state index in [1.54, 1.807) is 6.92 Å². The van der Waals surface area contributed by atoms with Gasteiger partial charge in [0.25, 0.3) is 0 Å². The summed E-state index contributed by atoms with van der Waals surface area (Å²) in [6.45, 7) is 6.17. The van der Waals surface area contributed by atoms with Crippen LogP contribution in [0.4, 0.5) is 0 Å². The van der Waals surface area contributed by atoms with Crippen molar-refractivity contribution in [3.05, 3.63) is 0 Å². The van der Waals surface area contributed by atoms with Gasteiger partial charge in [0.05, 0.1) is 11.3 Å². The third-order valence-corrected chi connectivity index (χ3v) is 10.6. The fourth-order valence-corrected chi connectivity index (χ4v) is 7.17. The number of rotatable bonds is 37. The van der Waals surface area contributed by atoms with Crippen LogP contribution < -0.4 is 0 Å². The van der Waals surface area contributed by atoms with Gasteiger partial charge >= 0.3 is 11.9 Å².